The summed E-state index contributed by atoms with van der Waals surface area (Å²) in [5.41, 5.74) is 8.56. The second-order valence-electron chi connectivity index (χ2n) is 5.88. The highest BCUT2D eigenvalue weighted by atomic mass is 15.0. The molecule has 3 rings (SSSR count). The van der Waals surface area contributed by atoms with Crippen molar-refractivity contribution >= 4 is 10.9 Å². The maximum atomic E-state index is 5.91. The highest BCUT2D eigenvalue weighted by molar-refractivity contribution is 5.83. The Kier molecular flexibility index (Phi) is 3.61. The van der Waals surface area contributed by atoms with Crippen LogP contribution in [-0.4, -0.2) is 4.57 Å². The molecule has 2 heteroatoms. The Morgan fingerprint density at radius 3 is 2.95 bits per heavy atom. The smallest absolute Gasteiger partial charge is 0.0528 e. The maximum Gasteiger partial charge on any atom is 0.0528 e. The first-order chi connectivity index (χ1) is 9.33. The minimum atomic E-state index is 0.630. The van der Waals surface area contributed by atoms with E-state index in [1.807, 2.05) is 0 Å². The van der Waals surface area contributed by atoms with Crippen LogP contribution in [0.4, 0.5) is 0 Å². The van der Waals surface area contributed by atoms with E-state index in [2.05, 4.69) is 42.0 Å². The summed E-state index contributed by atoms with van der Waals surface area (Å²) in [6.45, 7) is 2.96. The van der Waals surface area contributed by atoms with Crippen molar-refractivity contribution < 1.29 is 0 Å². The molecule has 1 heterocycles. The van der Waals surface area contributed by atoms with Crippen molar-refractivity contribution in [2.24, 2.45) is 11.7 Å². The molecule has 1 saturated carbocycles. The van der Waals surface area contributed by atoms with Gasteiger partial charge in [-0.25, -0.2) is 0 Å². The van der Waals surface area contributed by atoms with Crippen molar-refractivity contribution in [2.45, 2.75) is 51.6 Å². The summed E-state index contributed by atoms with van der Waals surface area (Å²) >= 11 is 0. The number of fused-ring (bicyclic) bond motifs is 1. The second-order valence-corrected chi connectivity index (χ2v) is 5.88. The van der Waals surface area contributed by atoms with E-state index in [1.54, 1.807) is 0 Å². The van der Waals surface area contributed by atoms with Gasteiger partial charge in [-0.1, -0.05) is 44.4 Å². The minimum absolute atomic E-state index is 0.630. The first kappa shape index (κ1) is 12.7. The molecule has 0 bridgehead atoms. The lowest BCUT2D eigenvalue weighted by atomic mass is 9.84. The zero-order chi connectivity index (χ0) is 13.2. The van der Waals surface area contributed by atoms with Crippen LogP contribution in [0.2, 0.25) is 0 Å². The molecule has 0 radical (unpaired) electrons. The van der Waals surface area contributed by atoms with Gasteiger partial charge in [0, 0.05) is 18.8 Å². The standard InChI is InChI=1S/C17H24N2/c1-2-13-5-3-8-16(11-13)19-10-9-14-6-4-7-15(12-18)17(14)19/h4,6-7,9-10,13,16H,2-3,5,8,11-12,18H2,1H3. The van der Waals surface area contributed by atoms with Crippen LogP contribution < -0.4 is 5.73 Å². The predicted molar refractivity (Wildman–Crippen MR) is 81.1 cm³/mol. The van der Waals surface area contributed by atoms with Crippen LogP contribution in [0.1, 0.15) is 50.6 Å². The molecule has 2 N–H and O–H groups in total. The van der Waals surface area contributed by atoms with E-state index < -0.39 is 0 Å². The van der Waals surface area contributed by atoms with Gasteiger partial charge in [0.25, 0.3) is 0 Å². The molecule has 0 amide bonds. The van der Waals surface area contributed by atoms with Gasteiger partial charge >= 0.3 is 0 Å². The Morgan fingerprint density at radius 1 is 1.26 bits per heavy atom. The quantitative estimate of drug-likeness (QED) is 0.874. The largest absolute Gasteiger partial charge is 0.344 e. The Morgan fingerprint density at radius 2 is 2.16 bits per heavy atom. The van der Waals surface area contributed by atoms with Gasteiger partial charge in [0.05, 0.1) is 5.52 Å². The predicted octanol–water partition coefficient (Wildman–Crippen LogP) is 4.24. The average Bonchev–Trinajstić information content (AvgIpc) is 2.91. The van der Waals surface area contributed by atoms with Crippen LogP contribution in [-0.2, 0) is 6.54 Å². The third-order valence-corrected chi connectivity index (χ3v) is 4.77. The first-order valence-corrected chi connectivity index (χ1v) is 7.62. The molecule has 0 spiro atoms. The fraction of sp³-hybridized carbons (Fsp3) is 0.529. The molecular formula is C17H24N2. The van der Waals surface area contributed by atoms with Gasteiger partial charge in [-0.15, -0.1) is 0 Å². The highest BCUT2D eigenvalue weighted by Crippen LogP contribution is 2.36. The number of aromatic nitrogens is 1. The van der Waals surface area contributed by atoms with E-state index in [4.69, 9.17) is 5.73 Å². The number of para-hydroxylation sites is 1. The average molecular weight is 256 g/mol. The van der Waals surface area contributed by atoms with Gasteiger partial charge in [0.1, 0.15) is 0 Å². The number of benzene rings is 1. The fourth-order valence-corrected chi connectivity index (χ4v) is 3.65. The molecule has 1 aliphatic rings. The van der Waals surface area contributed by atoms with E-state index >= 15 is 0 Å². The Labute approximate surface area is 115 Å². The van der Waals surface area contributed by atoms with Crippen LogP contribution in [0.3, 0.4) is 0 Å². The van der Waals surface area contributed by atoms with E-state index in [9.17, 15) is 0 Å². The summed E-state index contributed by atoms with van der Waals surface area (Å²) in [6, 6.07) is 9.39. The summed E-state index contributed by atoms with van der Waals surface area (Å²) in [6.07, 6.45) is 9.02. The SMILES string of the molecule is CCC1CCCC(n2ccc3cccc(CN)c32)C1. The molecule has 1 fully saturated rings. The summed E-state index contributed by atoms with van der Waals surface area (Å²) in [5, 5.41) is 1.33. The molecule has 2 nitrogen and oxygen atoms in total. The van der Waals surface area contributed by atoms with Gasteiger partial charge in [0.2, 0.25) is 0 Å². The zero-order valence-electron chi connectivity index (χ0n) is 11.8. The van der Waals surface area contributed by atoms with Crippen molar-refractivity contribution in [3.8, 4) is 0 Å². The van der Waals surface area contributed by atoms with Crippen LogP contribution >= 0.6 is 0 Å². The van der Waals surface area contributed by atoms with Crippen molar-refractivity contribution in [3.05, 3.63) is 36.0 Å². The molecule has 2 aromatic rings. The normalized spacial score (nSPS) is 23.9. The Balaban J connectivity index is 2.00. The van der Waals surface area contributed by atoms with Crippen molar-refractivity contribution in [1.82, 2.24) is 4.57 Å². The molecule has 1 aliphatic carbocycles. The third-order valence-electron chi connectivity index (χ3n) is 4.77. The molecule has 2 atom stereocenters. The minimum Gasteiger partial charge on any atom is -0.344 e. The molecule has 19 heavy (non-hydrogen) atoms. The molecule has 0 saturated heterocycles. The lowest BCUT2D eigenvalue weighted by molar-refractivity contribution is 0.265. The lowest BCUT2D eigenvalue weighted by Gasteiger charge is -2.30. The van der Waals surface area contributed by atoms with Crippen molar-refractivity contribution in [2.75, 3.05) is 0 Å². The van der Waals surface area contributed by atoms with Crippen LogP contribution in [0.15, 0.2) is 30.5 Å². The molecule has 0 aliphatic heterocycles. The van der Waals surface area contributed by atoms with Crippen molar-refractivity contribution in [3.63, 3.8) is 0 Å². The molecule has 1 aromatic carbocycles. The first-order valence-electron chi connectivity index (χ1n) is 7.62. The van der Waals surface area contributed by atoms with Crippen LogP contribution in [0, 0.1) is 5.92 Å². The summed E-state index contributed by atoms with van der Waals surface area (Å²) in [7, 11) is 0. The van der Waals surface area contributed by atoms with Gasteiger partial charge < -0.3 is 10.3 Å². The highest BCUT2D eigenvalue weighted by Gasteiger charge is 2.23. The van der Waals surface area contributed by atoms with Crippen molar-refractivity contribution in [1.29, 1.82) is 0 Å². The van der Waals surface area contributed by atoms with Gasteiger partial charge in [-0.3, -0.25) is 0 Å². The summed E-state index contributed by atoms with van der Waals surface area (Å²) < 4.78 is 2.50. The zero-order valence-corrected chi connectivity index (χ0v) is 11.8. The number of rotatable bonds is 3. The van der Waals surface area contributed by atoms with Gasteiger partial charge in [-0.2, -0.15) is 0 Å². The molecule has 2 unspecified atom stereocenters. The second kappa shape index (κ2) is 5.38. The monoisotopic (exact) mass is 256 g/mol. The van der Waals surface area contributed by atoms with Crippen LogP contribution in [0.5, 0.6) is 0 Å². The Hall–Kier alpha value is -1.28. The maximum absolute atomic E-state index is 5.91. The Bertz CT molecular complexity index is 555. The summed E-state index contributed by atoms with van der Waals surface area (Å²) in [4.78, 5) is 0. The topological polar surface area (TPSA) is 30.9 Å². The van der Waals surface area contributed by atoms with E-state index in [1.165, 1.54) is 48.6 Å². The molecule has 1 aromatic heterocycles. The van der Waals surface area contributed by atoms with E-state index in [0.29, 0.717) is 12.6 Å². The van der Waals surface area contributed by atoms with Gasteiger partial charge in [-0.05, 0) is 35.8 Å². The number of hydrogen-bond acceptors (Lipinski definition) is 1. The van der Waals surface area contributed by atoms with Crippen LogP contribution in [0.25, 0.3) is 10.9 Å². The summed E-state index contributed by atoms with van der Waals surface area (Å²) in [5.74, 6) is 0.904. The number of nitrogens with zero attached hydrogens (tertiary/aromatic N) is 1. The lowest BCUT2D eigenvalue weighted by Crippen LogP contribution is -2.18. The third kappa shape index (κ3) is 2.30. The van der Waals surface area contributed by atoms with E-state index in [0.717, 1.165) is 5.92 Å². The fourth-order valence-electron chi connectivity index (χ4n) is 3.65. The molecular weight excluding hydrogens is 232 g/mol. The number of nitrogens with two attached hydrogens (primary N) is 1. The van der Waals surface area contributed by atoms with Gasteiger partial charge in [0.15, 0.2) is 0 Å². The molecule has 102 valence electrons. The number of hydrogen-bond donors (Lipinski definition) is 1. The van der Waals surface area contributed by atoms with E-state index in [-0.39, 0.29) is 0 Å².